The van der Waals surface area contributed by atoms with E-state index in [0.29, 0.717) is 24.0 Å². The maximum atomic E-state index is 12.7. The van der Waals surface area contributed by atoms with E-state index in [2.05, 4.69) is 26.9 Å². The minimum atomic E-state index is -3.45. The molecule has 3 N–H and O–H groups in total. The number of nitrogens with zero attached hydrogens (tertiary/aromatic N) is 1. The van der Waals surface area contributed by atoms with Crippen molar-refractivity contribution >= 4 is 37.5 Å². The van der Waals surface area contributed by atoms with E-state index in [4.69, 9.17) is 14.2 Å². The Kier molecular flexibility index (Phi) is 13.4. The van der Waals surface area contributed by atoms with Crippen molar-refractivity contribution in [3.05, 3.63) is 59.7 Å². The summed E-state index contributed by atoms with van der Waals surface area (Å²) in [5.74, 6) is -0.101. The van der Waals surface area contributed by atoms with Gasteiger partial charge < -0.3 is 24.4 Å². The maximum absolute atomic E-state index is 12.7. The summed E-state index contributed by atoms with van der Waals surface area (Å²) < 4.78 is 69.3. The molecule has 0 spiro atoms. The number of benzene rings is 2. The van der Waals surface area contributed by atoms with Gasteiger partial charge in [-0.2, -0.15) is 0 Å². The first-order chi connectivity index (χ1) is 25.1. The number of likely N-dealkylation sites (tertiary alicyclic amines) is 1. The number of carbonyl (C=O) groups is 1. The van der Waals surface area contributed by atoms with Crippen LogP contribution in [0.4, 0.5) is 16.2 Å². The Labute approximate surface area is 317 Å². The van der Waals surface area contributed by atoms with Gasteiger partial charge in [-0.1, -0.05) is 37.1 Å². The van der Waals surface area contributed by atoms with Crippen LogP contribution in [0.3, 0.4) is 0 Å². The number of carbonyl (C=O) groups excluding carboxylic acids is 1. The average Bonchev–Trinajstić information content (AvgIpc) is 3.09. The lowest BCUT2D eigenvalue weighted by atomic mass is 9.63. The van der Waals surface area contributed by atoms with Gasteiger partial charge in [0.25, 0.3) is 0 Å². The lowest BCUT2D eigenvalue weighted by molar-refractivity contribution is -0.00869. The lowest BCUT2D eigenvalue weighted by Gasteiger charge is -2.50. The third-order valence-electron chi connectivity index (χ3n) is 11.2. The smallest absolute Gasteiger partial charge is 0.410 e. The van der Waals surface area contributed by atoms with Gasteiger partial charge >= 0.3 is 6.09 Å². The van der Waals surface area contributed by atoms with E-state index in [1.165, 1.54) is 39.0 Å². The van der Waals surface area contributed by atoms with Crippen LogP contribution >= 0.6 is 0 Å². The van der Waals surface area contributed by atoms with Gasteiger partial charge in [-0.25, -0.2) is 21.6 Å². The van der Waals surface area contributed by atoms with E-state index in [1.807, 2.05) is 56.0 Å². The zero-order valence-corrected chi connectivity index (χ0v) is 33.7. The largest absolute Gasteiger partial charge is 0.444 e. The predicted molar refractivity (Wildman–Crippen MR) is 209 cm³/mol. The van der Waals surface area contributed by atoms with Crippen molar-refractivity contribution in [3.8, 4) is 0 Å². The quantitative estimate of drug-likeness (QED) is 0.231. The predicted octanol–water partition coefficient (Wildman–Crippen LogP) is 6.14. The zero-order chi connectivity index (χ0) is 38.3. The highest BCUT2D eigenvalue weighted by Crippen LogP contribution is 2.48. The molecule has 2 heterocycles. The van der Waals surface area contributed by atoms with Crippen LogP contribution in [0.15, 0.2) is 48.5 Å². The Balaban J connectivity index is 0.000000211. The molecule has 4 bridgehead atoms. The fourth-order valence-corrected chi connectivity index (χ4v) is 10.6. The van der Waals surface area contributed by atoms with Gasteiger partial charge in [0.05, 0.1) is 24.7 Å². The Morgan fingerprint density at radius 3 is 1.91 bits per heavy atom. The van der Waals surface area contributed by atoms with Crippen LogP contribution < -0.4 is 14.8 Å². The Hall–Kier alpha value is -2.91. The van der Waals surface area contributed by atoms with Crippen molar-refractivity contribution in [3.63, 3.8) is 0 Å². The van der Waals surface area contributed by atoms with Gasteiger partial charge in [-0.15, -0.1) is 0 Å². The fourth-order valence-electron chi connectivity index (χ4n) is 8.67. The van der Waals surface area contributed by atoms with Gasteiger partial charge in [0.1, 0.15) is 5.60 Å². The van der Waals surface area contributed by atoms with Gasteiger partial charge in [0.2, 0.25) is 20.0 Å². The number of nitrogens with one attached hydrogen (secondary N) is 3. The second kappa shape index (κ2) is 17.3. The Bertz CT molecular complexity index is 1750. The molecule has 12 nitrogen and oxygen atoms in total. The number of methoxy groups -OCH3 is 2. The summed E-state index contributed by atoms with van der Waals surface area (Å²) in [4.78, 5) is 14.6. The summed E-state index contributed by atoms with van der Waals surface area (Å²) in [6.45, 7) is 7.73. The highest BCUT2D eigenvalue weighted by Gasteiger charge is 2.46. The summed E-state index contributed by atoms with van der Waals surface area (Å²) in [6, 6.07) is 16.5. The molecule has 4 unspecified atom stereocenters. The molecule has 2 aliphatic carbocycles. The van der Waals surface area contributed by atoms with Gasteiger partial charge in [-0.05, 0) is 125 Å². The molecular weight excluding hydrogens is 717 g/mol. The second-order valence-corrected chi connectivity index (χ2v) is 19.9. The highest BCUT2D eigenvalue weighted by atomic mass is 32.2. The number of hydrogen-bond acceptors (Lipinski definition) is 9. The minimum absolute atomic E-state index is 0.0230. The van der Waals surface area contributed by atoms with Crippen LogP contribution in [0.25, 0.3) is 0 Å². The monoisotopic (exact) mass is 776 g/mol. The first kappa shape index (κ1) is 41.3. The molecule has 4 atom stereocenters. The van der Waals surface area contributed by atoms with Gasteiger partial charge in [-0.3, -0.25) is 9.44 Å². The van der Waals surface area contributed by atoms with E-state index in [9.17, 15) is 21.6 Å². The Morgan fingerprint density at radius 1 is 0.811 bits per heavy atom. The van der Waals surface area contributed by atoms with E-state index in [-0.39, 0.29) is 47.7 Å². The maximum Gasteiger partial charge on any atom is 0.410 e. The number of rotatable bonds is 12. The van der Waals surface area contributed by atoms with E-state index >= 15 is 0 Å². The molecule has 0 aromatic heterocycles. The number of anilines is 2. The van der Waals surface area contributed by atoms with Crippen LogP contribution in [0.5, 0.6) is 0 Å². The molecule has 2 aromatic carbocycles. The van der Waals surface area contributed by atoms with Crippen molar-refractivity contribution in [2.24, 2.45) is 0 Å². The highest BCUT2D eigenvalue weighted by molar-refractivity contribution is 7.93. The van der Waals surface area contributed by atoms with E-state index < -0.39 is 25.6 Å². The molecule has 4 fully saturated rings. The summed E-state index contributed by atoms with van der Waals surface area (Å²) in [5, 5.41) is 3.60. The molecule has 14 heteroatoms. The molecule has 0 radical (unpaired) electrons. The topological polar surface area (TPSA) is 152 Å². The molecule has 2 saturated heterocycles. The number of piperidine rings is 2. The molecule has 1 amide bonds. The molecular formula is C39H60N4O8S2. The summed E-state index contributed by atoms with van der Waals surface area (Å²) in [7, 11) is -3.81. The van der Waals surface area contributed by atoms with Crippen molar-refractivity contribution < 1.29 is 35.8 Å². The summed E-state index contributed by atoms with van der Waals surface area (Å²) in [5.41, 5.74) is 3.33. The molecule has 2 saturated carbocycles. The van der Waals surface area contributed by atoms with Gasteiger partial charge in [0.15, 0.2) is 0 Å². The van der Waals surface area contributed by atoms with Crippen molar-refractivity contribution in [2.75, 3.05) is 61.5 Å². The van der Waals surface area contributed by atoms with E-state index in [0.717, 1.165) is 57.1 Å². The van der Waals surface area contributed by atoms with Gasteiger partial charge in [0, 0.05) is 44.2 Å². The van der Waals surface area contributed by atoms with Crippen LogP contribution in [0.1, 0.15) is 96.1 Å². The van der Waals surface area contributed by atoms with Crippen molar-refractivity contribution in [1.29, 1.82) is 0 Å². The second-order valence-electron chi connectivity index (χ2n) is 16.2. The molecule has 4 aliphatic rings. The third kappa shape index (κ3) is 11.1. The van der Waals surface area contributed by atoms with Crippen molar-refractivity contribution in [1.82, 2.24) is 10.2 Å². The van der Waals surface area contributed by atoms with Crippen LogP contribution in [-0.2, 0) is 45.1 Å². The standard InChI is InChI=1S/C22H34N2O5S.C17H26N2O3S/c1-21(2,3)29-20(25)24-12-11-22(10-6-9-19(24)16-22)17-7-5-8-18(15-17)23-30(26,27)14-13-28-4;1-22-10-11-23(20,21)19-15-5-2-4-14(12-15)17-7-3-6-16(13-17)18-9-8-17/h5,7-8,15,19,23H,6,9-14,16H2,1-4H3;2,4-5,12,16,18-19H,3,6-11,13H2,1H3. The summed E-state index contributed by atoms with van der Waals surface area (Å²) >= 11 is 0. The zero-order valence-electron chi connectivity index (χ0n) is 32.1. The number of sulfonamides is 2. The van der Waals surface area contributed by atoms with Crippen LogP contribution in [-0.4, -0.2) is 97.5 Å². The normalized spacial score (nSPS) is 25.8. The van der Waals surface area contributed by atoms with Crippen molar-refractivity contribution in [2.45, 2.75) is 113 Å². The first-order valence-corrected chi connectivity index (χ1v) is 22.3. The number of hydrogen-bond donors (Lipinski definition) is 3. The minimum Gasteiger partial charge on any atom is -0.444 e. The molecule has 6 rings (SSSR count). The number of ether oxygens (including phenoxy) is 3. The van der Waals surface area contributed by atoms with Crippen LogP contribution in [0, 0.1) is 0 Å². The fraction of sp³-hybridized carbons (Fsp3) is 0.667. The molecule has 53 heavy (non-hydrogen) atoms. The molecule has 2 aromatic rings. The molecule has 296 valence electrons. The Morgan fingerprint density at radius 2 is 1.36 bits per heavy atom. The SMILES string of the molecule is COCCS(=O)(=O)Nc1cccc(C23CCCC(C2)N(C(=O)OC(C)(C)C)CC3)c1.COCCS(=O)(=O)Nc1cccc(C23CCCC(C2)NCC3)c1. The summed E-state index contributed by atoms with van der Waals surface area (Å²) in [6.07, 6.45) is 10.5. The third-order valence-corrected chi connectivity index (χ3v) is 13.7. The molecule has 2 aliphatic heterocycles. The number of fused-ring (bicyclic) bond motifs is 4. The lowest BCUT2D eigenvalue weighted by Crippen LogP contribution is -2.54. The van der Waals surface area contributed by atoms with E-state index in [1.54, 1.807) is 6.07 Å². The van der Waals surface area contributed by atoms with Crippen LogP contribution in [0.2, 0.25) is 0 Å². The number of amides is 1. The average molecular weight is 777 g/mol. The first-order valence-electron chi connectivity index (χ1n) is 19.0.